The van der Waals surface area contributed by atoms with Crippen molar-refractivity contribution < 1.29 is 42.2 Å². The maximum absolute atomic E-state index is 12.5. The summed E-state index contributed by atoms with van der Waals surface area (Å²) in [4.78, 5) is 23.3. The van der Waals surface area contributed by atoms with Crippen molar-refractivity contribution >= 4 is 26.9 Å². The fraction of sp³-hybridized carbons (Fsp3) is 0.667. The highest BCUT2D eigenvalue weighted by molar-refractivity contribution is 6.62. The number of hydrogen-bond donors (Lipinski definition) is 2. The zero-order valence-electron chi connectivity index (χ0n) is 25.6. The second-order valence-corrected chi connectivity index (χ2v) is 12.1. The maximum Gasteiger partial charge on any atom is 0.524 e. The van der Waals surface area contributed by atoms with E-state index in [0.29, 0.717) is 57.6 Å². The second kappa shape index (κ2) is 22.1. The highest BCUT2D eigenvalue weighted by atomic mass is 28.4. The first-order chi connectivity index (χ1) is 19.8. The second-order valence-electron chi connectivity index (χ2n) is 9.34. The van der Waals surface area contributed by atoms with Crippen LogP contribution >= 0.6 is 0 Å². The van der Waals surface area contributed by atoms with Gasteiger partial charge in [-0.05, 0) is 83.1 Å². The van der Waals surface area contributed by atoms with Crippen LogP contribution in [0.2, 0.25) is 0 Å². The molecule has 41 heavy (non-hydrogen) atoms. The van der Waals surface area contributed by atoms with Gasteiger partial charge < -0.3 is 37.9 Å². The van der Waals surface area contributed by atoms with E-state index in [1.165, 1.54) is 6.08 Å². The zero-order chi connectivity index (χ0) is 30.3. The molecule has 2 N–H and O–H groups in total. The van der Waals surface area contributed by atoms with Crippen LogP contribution in [0.25, 0.3) is 6.08 Å². The van der Waals surface area contributed by atoms with E-state index in [2.05, 4.69) is 12.2 Å². The molecule has 0 heterocycles. The smallest absolute Gasteiger partial charge is 0.490 e. The summed E-state index contributed by atoms with van der Waals surface area (Å²) in [6.45, 7) is 12.5. The fourth-order valence-corrected chi connectivity index (χ4v) is 6.98. The van der Waals surface area contributed by atoms with Crippen LogP contribution < -0.4 is 14.8 Å². The number of alkyl carbamates (subject to hydrolysis) is 1. The van der Waals surface area contributed by atoms with Gasteiger partial charge in [0.25, 0.3) is 0 Å². The summed E-state index contributed by atoms with van der Waals surface area (Å²) in [5.74, 6) is 0.254. The van der Waals surface area contributed by atoms with Crippen LogP contribution in [0.1, 0.15) is 91.5 Å². The maximum atomic E-state index is 12.5. The lowest BCUT2D eigenvalue weighted by atomic mass is 10.2. The van der Waals surface area contributed by atoms with Crippen LogP contribution in [-0.2, 0) is 22.8 Å². The van der Waals surface area contributed by atoms with Crippen LogP contribution in [0.3, 0.4) is 0 Å². The van der Waals surface area contributed by atoms with E-state index in [9.17, 15) is 9.59 Å². The van der Waals surface area contributed by atoms with Crippen LogP contribution in [0.4, 0.5) is 4.79 Å². The normalized spacial score (nSPS) is 12.3. The van der Waals surface area contributed by atoms with E-state index in [1.807, 2.05) is 39.8 Å². The minimum absolute atomic E-state index is 0.309. The van der Waals surface area contributed by atoms with E-state index in [0.717, 1.165) is 56.6 Å². The Balaban J connectivity index is 2.48. The van der Waals surface area contributed by atoms with Crippen molar-refractivity contribution in [2.24, 2.45) is 0 Å². The third kappa shape index (κ3) is 14.7. The number of carboxylic acid groups (broad SMARTS) is 1. The van der Waals surface area contributed by atoms with Crippen molar-refractivity contribution in [3.63, 3.8) is 0 Å². The van der Waals surface area contributed by atoms with Gasteiger partial charge in [-0.3, -0.25) is 0 Å². The molecule has 1 amide bonds. The number of nitrogens with one attached hydrogen (secondary N) is 1. The summed E-state index contributed by atoms with van der Waals surface area (Å²) in [7, 11) is -3.08. The Kier molecular flexibility index (Phi) is 19.6. The Bertz CT molecular complexity index is 880. The Morgan fingerprint density at radius 2 is 1.41 bits per heavy atom. The van der Waals surface area contributed by atoms with Crippen LogP contribution in [-0.4, -0.2) is 71.3 Å². The number of hydrogen-bond acceptors (Lipinski definition) is 8. The third-order valence-corrected chi connectivity index (χ3v) is 9.56. The number of carboxylic acids is 1. The summed E-state index contributed by atoms with van der Waals surface area (Å²) < 4.78 is 35.1. The lowest BCUT2D eigenvalue weighted by Gasteiger charge is -2.34. The van der Waals surface area contributed by atoms with Gasteiger partial charge in [0.1, 0.15) is 5.67 Å². The van der Waals surface area contributed by atoms with Crippen LogP contribution in [0.15, 0.2) is 24.3 Å². The van der Waals surface area contributed by atoms with E-state index in [-0.39, 0.29) is 5.67 Å². The quantitative estimate of drug-likeness (QED) is 0.0793. The molecule has 1 aromatic carbocycles. The number of aliphatic carboxylic acids is 1. The van der Waals surface area contributed by atoms with Gasteiger partial charge in [-0.1, -0.05) is 32.8 Å². The summed E-state index contributed by atoms with van der Waals surface area (Å²) in [5, 5.41) is 11.8. The van der Waals surface area contributed by atoms with E-state index in [1.54, 1.807) is 6.07 Å². The molecule has 0 saturated heterocycles. The molecule has 1 atom stereocenters. The Hall–Kier alpha value is -2.60. The molecule has 0 spiro atoms. The van der Waals surface area contributed by atoms with Gasteiger partial charge in [0.15, 0.2) is 11.5 Å². The van der Waals surface area contributed by atoms with Crippen LogP contribution in [0, 0.1) is 0 Å². The molecule has 0 aliphatic carbocycles. The number of ether oxygens (including phenoxy) is 3. The van der Waals surface area contributed by atoms with Gasteiger partial charge in [-0.25, -0.2) is 9.59 Å². The van der Waals surface area contributed by atoms with E-state index < -0.39 is 20.9 Å². The third-order valence-electron chi connectivity index (χ3n) is 6.08. The van der Waals surface area contributed by atoms with Crippen molar-refractivity contribution in [3.8, 4) is 11.5 Å². The fourth-order valence-electron chi connectivity index (χ4n) is 4.12. The molecule has 0 bridgehead atoms. The summed E-state index contributed by atoms with van der Waals surface area (Å²) in [6, 6.07) is 5.43. The molecule has 10 nitrogen and oxygen atoms in total. The molecule has 0 fully saturated rings. The summed E-state index contributed by atoms with van der Waals surface area (Å²) in [6.07, 6.45) is 9.23. The Labute approximate surface area is 247 Å². The van der Waals surface area contributed by atoms with Crippen molar-refractivity contribution in [1.82, 2.24) is 5.32 Å². The summed E-state index contributed by atoms with van der Waals surface area (Å²) >= 11 is 0. The van der Waals surface area contributed by atoms with Gasteiger partial charge in [0, 0.05) is 25.9 Å². The number of unbranched alkanes of at least 4 members (excludes halogenated alkanes) is 5. The summed E-state index contributed by atoms with van der Waals surface area (Å²) in [5.41, 5.74) is 0.346. The highest BCUT2D eigenvalue weighted by Crippen LogP contribution is 2.29. The molecule has 11 heteroatoms. The first kappa shape index (κ1) is 36.4. The Morgan fingerprint density at radius 3 is 1.98 bits per heavy atom. The topological polar surface area (TPSA) is 122 Å². The van der Waals surface area contributed by atoms with Gasteiger partial charge >= 0.3 is 20.9 Å². The van der Waals surface area contributed by atoms with Gasteiger partial charge in [0.05, 0.1) is 19.8 Å². The number of carbonyl (C=O) groups is 2. The van der Waals surface area contributed by atoms with Gasteiger partial charge in [-0.2, -0.15) is 0 Å². The van der Waals surface area contributed by atoms with Gasteiger partial charge in [0.2, 0.25) is 0 Å². The van der Waals surface area contributed by atoms with Crippen molar-refractivity contribution in [1.29, 1.82) is 0 Å². The predicted molar refractivity (Wildman–Crippen MR) is 161 cm³/mol. The predicted octanol–water partition coefficient (Wildman–Crippen LogP) is 6.39. The monoisotopic (exact) mass is 597 g/mol. The minimum atomic E-state index is -3.08. The average Bonchev–Trinajstić information content (AvgIpc) is 2.95. The SMILES string of the molecule is CCCCCOc1ccc(/C=C/C(=O)O)cc1OCCCCCCOC(=O)NC(CC)[Si](OCC)(OCC)OCC. The Morgan fingerprint density at radius 1 is 0.829 bits per heavy atom. The van der Waals surface area contributed by atoms with Crippen molar-refractivity contribution in [3.05, 3.63) is 29.8 Å². The van der Waals surface area contributed by atoms with Gasteiger partial charge in [-0.15, -0.1) is 0 Å². The van der Waals surface area contributed by atoms with Crippen LogP contribution in [0.5, 0.6) is 11.5 Å². The number of amides is 1. The number of carbonyl (C=O) groups excluding carboxylic acids is 1. The molecule has 1 aromatic rings. The first-order valence-electron chi connectivity index (χ1n) is 15.0. The molecule has 0 radical (unpaired) electrons. The molecule has 1 unspecified atom stereocenters. The average molecular weight is 598 g/mol. The zero-order valence-corrected chi connectivity index (χ0v) is 26.6. The number of benzene rings is 1. The molecule has 0 saturated carbocycles. The van der Waals surface area contributed by atoms with Crippen molar-refractivity contribution in [2.75, 3.05) is 39.6 Å². The van der Waals surface area contributed by atoms with E-state index >= 15 is 0 Å². The van der Waals surface area contributed by atoms with Crippen molar-refractivity contribution in [2.45, 2.75) is 91.7 Å². The number of rotatable bonds is 24. The molecular formula is C30H51NO9Si. The lowest BCUT2D eigenvalue weighted by Crippen LogP contribution is -2.62. The molecule has 0 aliphatic heterocycles. The standard InChI is InChI=1S/C30H51NO9Si/c1-6-11-14-21-35-26-19-17-25(18-20-29(32)33)24-27(26)36-22-15-12-13-16-23-37-30(34)31-28(7-2)41(38-8-3,39-9-4)40-10-5/h17-20,24,28H,6-16,21-23H2,1-5H3,(H,31,34)(H,32,33)/b20-18+. The van der Waals surface area contributed by atoms with E-state index in [4.69, 9.17) is 32.6 Å². The molecule has 0 aliphatic rings. The molecule has 1 rings (SSSR count). The molecule has 0 aromatic heterocycles. The first-order valence-corrected chi connectivity index (χ1v) is 16.8. The largest absolute Gasteiger partial charge is 0.524 e. The molecule has 234 valence electrons. The molecular weight excluding hydrogens is 546 g/mol. The minimum Gasteiger partial charge on any atom is -0.490 e. The highest BCUT2D eigenvalue weighted by Gasteiger charge is 2.49. The lowest BCUT2D eigenvalue weighted by molar-refractivity contribution is -0.131.